The van der Waals surface area contributed by atoms with Gasteiger partial charge in [-0.05, 0) is 26.7 Å². The molecule has 0 saturated heterocycles. The summed E-state index contributed by atoms with van der Waals surface area (Å²) in [6.07, 6.45) is 2.00. The highest BCUT2D eigenvalue weighted by molar-refractivity contribution is 5.76. The fraction of sp³-hybridized carbons (Fsp3) is 0.857. The molecule has 0 fully saturated rings. The molecule has 0 spiro atoms. The Morgan fingerprint density at radius 2 is 1.74 bits per heavy atom. The van der Waals surface area contributed by atoms with E-state index >= 15 is 0 Å². The predicted octanol–water partition coefficient (Wildman–Crippen LogP) is 2.71. The van der Waals surface area contributed by atoms with Gasteiger partial charge < -0.3 is 15.3 Å². The lowest BCUT2D eigenvalue weighted by atomic mass is 10.0. The van der Waals surface area contributed by atoms with Crippen molar-refractivity contribution in [1.82, 2.24) is 10.2 Å². The Morgan fingerprint density at radius 1 is 1.21 bits per heavy atom. The summed E-state index contributed by atoms with van der Waals surface area (Å²) in [5, 5.41) is 11.6. The van der Waals surface area contributed by atoms with Crippen LogP contribution >= 0.6 is 0 Å². The molecule has 5 nitrogen and oxygen atoms in total. The largest absolute Gasteiger partial charge is 0.481 e. The molecule has 0 heterocycles. The van der Waals surface area contributed by atoms with Crippen molar-refractivity contribution in [2.24, 2.45) is 5.92 Å². The van der Waals surface area contributed by atoms with E-state index in [4.69, 9.17) is 5.11 Å². The second-order valence-corrected chi connectivity index (χ2v) is 5.61. The molecule has 0 aromatic rings. The highest BCUT2D eigenvalue weighted by Crippen LogP contribution is 2.12. The van der Waals surface area contributed by atoms with Crippen LogP contribution in [0.15, 0.2) is 0 Å². The van der Waals surface area contributed by atoms with Gasteiger partial charge in [-0.3, -0.25) is 4.79 Å². The van der Waals surface area contributed by atoms with Gasteiger partial charge in [0.25, 0.3) is 0 Å². The maximum absolute atomic E-state index is 12.2. The van der Waals surface area contributed by atoms with Crippen LogP contribution in [0, 0.1) is 5.92 Å². The fourth-order valence-electron chi connectivity index (χ4n) is 2.00. The summed E-state index contributed by atoms with van der Waals surface area (Å²) in [4.78, 5) is 24.7. The molecule has 0 atom stereocenters. The summed E-state index contributed by atoms with van der Waals surface area (Å²) in [5.74, 6) is -0.415. The third-order valence-electron chi connectivity index (χ3n) is 3.34. The first kappa shape index (κ1) is 17.7. The Balaban J connectivity index is 4.54. The molecule has 0 saturated carbocycles. The molecule has 0 unspecified atom stereocenters. The minimum atomic E-state index is -0.909. The van der Waals surface area contributed by atoms with Crippen LogP contribution in [0.2, 0.25) is 0 Å². The van der Waals surface area contributed by atoms with Crippen LogP contribution in [-0.2, 0) is 4.79 Å². The molecule has 2 amide bonds. The smallest absolute Gasteiger partial charge is 0.317 e. The molecule has 19 heavy (non-hydrogen) atoms. The normalized spacial score (nSPS) is 11.5. The quantitative estimate of drug-likeness (QED) is 0.713. The number of hydrogen-bond acceptors (Lipinski definition) is 2. The zero-order chi connectivity index (χ0) is 15.1. The first-order valence-electron chi connectivity index (χ1n) is 7.04. The summed E-state index contributed by atoms with van der Waals surface area (Å²) in [6, 6.07) is -0.180. The summed E-state index contributed by atoms with van der Waals surface area (Å²) in [5.41, 5.74) is -0.732. The lowest BCUT2D eigenvalue weighted by Gasteiger charge is -2.31. The second kappa shape index (κ2) is 8.02. The van der Waals surface area contributed by atoms with Gasteiger partial charge in [-0.2, -0.15) is 0 Å². The molecule has 0 radical (unpaired) electrons. The standard InChI is InChI=1S/C14H28N2O3/c1-6-11(7-2)10-16(8-3)13(19)15-14(4,5)9-12(17)18/h11H,6-10H2,1-5H3,(H,15,19)(H,17,18). The lowest BCUT2D eigenvalue weighted by molar-refractivity contribution is -0.138. The van der Waals surface area contributed by atoms with Crippen LogP contribution in [-0.4, -0.2) is 40.6 Å². The Kier molecular flexibility index (Phi) is 7.49. The first-order chi connectivity index (χ1) is 8.75. The van der Waals surface area contributed by atoms with E-state index in [1.807, 2.05) is 6.92 Å². The lowest BCUT2D eigenvalue weighted by Crippen LogP contribution is -2.51. The average Bonchev–Trinajstić information content (AvgIpc) is 2.28. The zero-order valence-corrected chi connectivity index (χ0v) is 12.8. The Hall–Kier alpha value is -1.26. The van der Waals surface area contributed by atoms with Gasteiger partial charge in [0.05, 0.1) is 6.42 Å². The van der Waals surface area contributed by atoms with E-state index in [1.165, 1.54) is 0 Å². The number of nitrogens with zero attached hydrogens (tertiary/aromatic N) is 1. The molecular formula is C14H28N2O3. The van der Waals surface area contributed by atoms with Crippen LogP contribution in [0.25, 0.3) is 0 Å². The molecule has 0 aliphatic rings. The van der Waals surface area contributed by atoms with Gasteiger partial charge in [0.2, 0.25) is 0 Å². The zero-order valence-electron chi connectivity index (χ0n) is 12.8. The minimum absolute atomic E-state index is 0.0821. The predicted molar refractivity (Wildman–Crippen MR) is 76.2 cm³/mol. The number of hydrogen-bond donors (Lipinski definition) is 2. The van der Waals surface area contributed by atoms with Crippen molar-refractivity contribution in [2.75, 3.05) is 13.1 Å². The molecule has 2 N–H and O–H groups in total. The van der Waals surface area contributed by atoms with Gasteiger partial charge >= 0.3 is 12.0 Å². The number of carbonyl (C=O) groups is 2. The summed E-state index contributed by atoms with van der Waals surface area (Å²) in [6.45, 7) is 11.0. The van der Waals surface area contributed by atoms with Gasteiger partial charge in [-0.1, -0.05) is 26.7 Å². The van der Waals surface area contributed by atoms with Gasteiger partial charge in [0.1, 0.15) is 0 Å². The number of carboxylic acid groups (broad SMARTS) is 1. The molecule has 5 heteroatoms. The number of urea groups is 1. The van der Waals surface area contributed by atoms with Crippen LogP contribution in [0.3, 0.4) is 0 Å². The first-order valence-corrected chi connectivity index (χ1v) is 7.04. The van der Waals surface area contributed by atoms with Gasteiger partial charge in [-0.25, -0.2) is 4.79 Å². The molecule has 112 valence electrons. The molecule has 0 aromatic heterocycles. The fourth-order valence-corrected chi connectivity index (χ4v) is 2.00. The van der Waals surface area contributed by atoms with E-state index in [2.05, 4.69) is 19.2 Å². The number of carbonyl (C=O) groups excluding carboxylic acids is 1. The second-order valence-electron chi connectivity index (χ2n) is 5.61. The van der Waals surface area contributed by atoms with E-state index in [0.717, 1.165) is 19.4 Å². The number of aliphatic carboxylic acids is 1. The van der Waals surface area contributed by atoms with Crippen LogP contribution in [0.4, 0.5) is 4.79 Å². The molecule has 0 aromatic carbocycles. The SMILES string of the molecule is CCC(CC)CN(CC)C(=O)NC(C)(C)CC(=O)O. The van der Waals surface area contributed by atoms with Gasteiger partial charge in [0, 0.05) is 18.6 Å². The summed E-state index contributed by atoms with van der Waals surface area (Å²) in [7, 11) is 0. The number of carboxylic acids is 1. The topological polar surface area (TPSA) is 69.6 Å². The van der Waals surface area contributed by atoms with Crippen LogP contribution < -0.4 is 5.32 Å². The number of rotatable bonds is 8. The van der Waals surface area contributed by atoms with Gasteiger partial charge in [0.15, 0.2) is 0 Å². The van der Waals surface area contributed by atoms with Crippen LogP contribution in [0.5, 0.6) is 0 Å². The van der Waals surface area contributed by atoms with Gasteiger partial charge in [-0.15, -0.1) is 0 Å². The number of amides is 2. The van der Waals surface area contributed by atoms with Crippen molar-refractivity contribution in [3.05, 3.63) is 0 Å². The highest BCUT2D eigenvalue weighted by Gasteiger charge is 2.26. The van der Waals surface area contributed by atoms with Crippen molar-refractivity contribution >= 4 is 12.0 Å². The van der Waals surface area contributed by atoms with E-state index in [9.17, 15) is 9.59 Å². The summed E-state index contributed by atoms with van der Waals surface area (Å²) < 4.78 is 0. The van der Waals surface area contributed by atoms with Crippen molar-refractivity contribution in [1.29, 1.82) is 0 Å². The molecule has 0 rings (SSSR count). The molecule has 0 aliphatic carbocycles. The minimum Gasteiger partial charge on any atom is -0.481 e. The van der Waals surface area contributed by atoms with Crippen molar-refractivity contribution in [3.8, 4) is 0 Å². The maximum Gasteiger partial charge on any atom is 0.317 e. The van der Waals surface area contributed by atoms with Crippen LogP contribution in [0.1, 0.15) is 53.9 Å². The maximum atomic E-state index is 12.2. The number of nitrogens with one attached hydrogen (secondary N) is 1. The van der Waals surface area contributed by atoms with Crippen molar-refractivity contribution in [3.63, 3.8) is 0 Å². The monoisotopic (exact) mass is 272 g/mol. The molecule has 0 bridgehead atoms. The van der Waals surface area contributed by atoms with E-state index in [1.54, 1.807) is 18.7 Å². The third-order valence-corrected chi connectivity index (χ3v) is 3.34. The Bertz CT molecular complexity index is 299. The van der Waals surface area contributed by atoms with Crippen molar-refractivity contribution < 1.29 is 14.7 Å². The van der Waals surface area contributed by atoms with Crippen molar-refractivity contribution in [2.45, 2.75) is 59.4 Å². The third kappa shape index (κ3) is 7.03. The summed E-state index contributed by atoms with van der Waals surface area (Å²) >= 11 is 0. The Morgan fingerprint density at radius 3 is 2.11 bits per heavy atom. The van der Waals surface area contributed by atoms with E-state index in [-0.39, 0.29) is 12.5 Å². The average molecular weight is 272 g/mol. The van der Waals surface area contributed by atoms with E-state index in [0.29, 0.717) is 12.5 Å². The molecule has 0 aliphatic heterocycles. The van der Waals surface area contributed by atoms with E-state index < -0.39 is 11.5 Å². The Labute approximate surface area is 116 Å². The molecular weight excluding hydrogens is 244 g/mol. The highest BCUT2D eigenvalue weighted by atomic mass is 16.4.